The van der Waals surface area contributed by atoms with Crippen LogP contribution < -0.4 is 0 Å². The molecular weight excluding hydrogens is 270 g/mol. The van der Waals surface area contributed by atoms with Gasteiger partial charge in [-0.25, -0.2) is 0 Å². The lowest BCUT2D eigenvalue weighted by atomic mass is 10.2. The first kappa shape index (κ1) is 14.4. The molecule has 2 rings (SSSR count). The normalized spacial score (nSPS) is 10.7. The molecule has 0 fully saturated rings. The van der Waals surface area contributed by atoms with E-state index in [0.717, 1.165) is 11.1 Å². The van der Waals surface area contributed by atoms with Gasteiger partial charge in [0.05, 0.1) is 0 Å². The molecule has 102 valence electrons. The molecule has 0 unspecified atom stereocenters. The molecule has 0 spiro atoms. The number of carbonyl (C=O) groups excluding carboxylic acids is 1. The molecule has 0 saturated carbocycles. The maximum absolute atomic E-state index is 12.0. The van der Waals surface area contributed by atoms with E-state index >= 15 is 0 Å². The SMILES string of the molecule is CN(Cc1ccccc1)C(=O)C=Cc1ccc(Cl)cc1. The van der Waals surface area contributed by atoms with Crippen molar-refractivity contribution in [3.8, 4) is 0 Å². The van der Waals surface area contributed by atoms with Crippen LogP contribution in [0.4, 0.5) is 0 Å². The number of halogens is 1. The Labute approximate surface area is 124 Å². The second-order valence-electron chi connectivity index (χ2n) is 4.56. The van der Waals surface area contributed by atoms with Crippen LogP contribution in [-0.2, 0) is 11.3 Å². The van der Waals surface area contributed by atoms with E-state index in [9.17, 15) is 4.79 Å². The van der Waals surface area contributed by atoms with Crippen LogP contribution in [0.25, 0.3) is 6.08 Å². The number of carbonyl (C=O) groups is 1. The minimum atomic E-state index is -0.0243. The van der Waals surface area contributed by atoms with Crippen LogP contribution in [0.2, 0.25) is 5.02 Å². The van der Waals surface area contributed by atoms with Crippen LogP contribution in [0.5, 0.6) is 0 Å². The van der Waals surface area contributed by atoms with E-state index in [1.165, 1.54) is 0 Å². The summed E-state index contributed by atoms with van der Waals surface area (Å²) >= 11 is 5.82. The highest BCUT2D eigenvalue weighted by molar-refractivity contribution is 6.30. The van der Waals surface area contributed by atoms with E-state index in [0.29, 0.717) is 11.6 Å². The maximum atomic E-state index is 12.0. The molecule has 0 radical (unpaired) electrons. The monoisotopic (exact) mass is 285 g/mol. The molecule has 0 aromatic heterocycles. The van der Waals surface area contributed by atoms with Gasteiger partial charge in [-0.3, -0.25) is 4.79 Å². The van der Waals surface area contributed by atoms with Crippen molar-refractivity contribution in [2.75, 3.05) is 7.05 Å². The molecular formula is C17H16ClNO. The lowest BCUT2D eigenvalue weighted by molar-refractivity contribution is -0.125. The topological polar surface area (TPSA) is 20.3 Å². The predicted molar refractivity (Wildman–Crippen MR) is 83.4 cm³/mol. The van der Waals surface area contributed by atoms with Crippen molar-refractivity contribution in [2.24, 2.45) is 0 Å². The third-order valence-electron chi connectivity index (χ3n) is 2.93. The summed E-state index contributed by atoms with van der Waals surface area (Å²) in [6.45, 7) is 0.602. The second kappa shape index (κ2) is 6.92. The predicted octanol–water partition coefficient (Wildman–Crippen LogP) is 4.01. The first-order chi connectivity index (χ1) is 9.65. The second-order valence-corrected chi connectivity index (χ2v) is 5.00. The molecule has 0 N–H and O–H groups in total. The first-order valence-electron chi connectivity index (χ1n) is 6.38. The van der Waals surface area contributed by atoms with Crippen molar-refractivity contribution >= 4 is 23.6 Å². The number of nitrogens with zero attached hydrogens (tertiary/aromatic N) is 1. The molecule has 0 bridgehead atoms. The van der Waals surface area contributed by atoms with E-state index in [-0.39, 0.29) is 5.91 Å². The molecule has 0 aliphatic heterocycles. The molecule has 0 aliphatic rings. The third-order valence-corrected chi connectivity index (χ3v) is 3.18. The Morgan fingerprint density at radius 2 is 1.75 bits per heavy atom. The summed E-state index contributed by atoms with van der Waals surface area (Å²) in [6, 6.07) is 17.3. The lowest BCUT2D eigenvalue weighted by Crippen LogP contribution is -2.23. The Kier molecular flexibility index (Phi) is 4.97. The van der Waals surface area contributed by atoms with Gasteiger partial charge in [0.1, 0.15) is 0 Å². The Morgan fingerprint density at radius 3 is 2.40 bits per heavy atom. The molecule has 2 nitrogen and oxygen atoms in total. The van der Waals surface area contributed by atoms with E-state index in [1.807, 2.05) is 42.5 Å². The minimum Gasteiger partial charge on any atom is -0.338 e. The Balaban J connectivity index is 1.95. The Hall–Kier alpha value is -2.06. The quantitative estimate of drug-likeness (QED) is 0.777. The van der Waals surface area contributed by atoms with E-state index in [1.54, 1.807) is 36.2 Å². The molecule has 0 heterocycles. The minimum absolute atomic E-state index is 0.0243. The van der Waals surface area contributed by atoms with Gasteiger partial charge in [-0.1, -0.05) is 54.1 Å². The zero-order chi connectivity index (χ0) is 14.4. The number of rotatable bonds is 4. The molecule has 0 atom stereocenters. The van der Waals surface area contributed by atoms with Crippen molar-refractivity contribution < 1.29 is 4.79 Å². The van der Waals surface area contributed by atoms with Crippen LogP contribution in [0.15, 0.2) is 60.7 Å². The number of likely N-dealkylation sites (N-methyl/N-ethyl adjacent to an activating group) is 1. The number of hydrogen-bond acceptors (Lipinski definition) is 1. The van der Waals surface area contributed by atoms with Crippen molar-refractivity contribution in [1.82, 2.24) is 4.90 Å². The summed E-state index contributed by atoms with van der Waals surface area (Å²) in [6.07, 6.45) is 3.37. The molecule has 2 aromatic carbocycles. The highest BCUT2D eigenvalue weighted by Gasteiger charge is 2.05. The highest BCUT2D eigenvalue weighted by Crippen LogP contribution is 2.11. The largest absolute Gasteiger partial charge is 0.338 e. The van der Waals surface area contributed by atoms with E-state index in [2.05, 4.69) is 0 Å². The summed E-state index contributed by atoms with van der Waals surface area (Å²) in [5.41, 5.74) is 2.07. The molecule has 0 saturated heterocycles. The standard InChI is InChI=1S/C17H16ClNO/c1-19(13-15-5-3-2-4-6-15)17(20)12-9-14-7-10-16(18)11-8-14/h2-12H,13H2,1H3. The molecule has 1 amide bonds. The summed E-state index contributed by atoms with van der Waals surface area (Å²) in [5.74, 6) is -0.0243. The molecule has 3 heteroatoms. The van der Waals surface area contributed by atoms with Gasteiger partial charge in [-0.15, -0.1) is 0 Å². The fourth-order valence-corrected chi connectivity index (χ4v) is 1.93. The van der Waals surface area contributed by atoms with Crippen molar-refractivity contribution in [2.45, 2.75) is 6.54 Å². The van der Waals surface area contributed by atoms with E-state index < -0.39 is 0 Å². The van der Waals surface area contributed by atoms with Crippen LogP contribution in [0.1, 0.15) is 11.1 Å². The lowest BCUT2D eigenvalue weighted by Gasteiger charge is -2.14. The fraction of sp³-hybridized carbons (Fsp3) is 0.118. The van der Waals surface area contributed by atoms with Gasteiger partial charge in [-0.2, -0.15) is 0 Å². The van der Waals surface area contributed by atoms with Gasteiger partial charge in [0, 0.05) is 24.7 Å². The Bertz CT molecular complexity index is 590. The number of benzene rings is 2. The maximum Gasteiger partial charge on any atom is 0.246 e. The van der Waals surface area contributed by atoms with Gasteiger partial charge in [0.15, 0.2) is 0 Å². The molecule has 2 aromatic rings. The zero-order valence-corrected chi connectivity index (χ0v) is 12.0. The van der Waals surface area contributed by atoms with Crippen LogP contribution in [0, 0.1) is 0 Å². The summed E-state index contributed by atoms with van der Waals surface area (Å²) in [4.78, 5) is 13.7. The zero-order valence-electron chi connectivity index (χ0n) is 11.3. The number of hydrogen-bond donors (Lipinski definition) is 0. The van der Waals surface area contributed by atoms with Gasteiger partial charge >= 0.3 is 0 Å². The average Bonchev–Trinajstić information content (AvgIpc) is 2.47. The van der Waals surface area contributed by atoms with E-state index in [4.69, 9.17) is 11.6 Å². The molecule has 20 heavy (non-hydrogen) atoms. The summed E-state index contributed by atoms with van der Waals surface area (Å²) < 4.78 is 0. The third kappa shape index (κ3) is 4.25. The molecule has 0 aliphatic carbocycles. The smallest absolute Gasteiger partial charge is 0.246 e. The number of amides is 1. The van der Waals surface area contributed by atoms with Crippen molar-refractivity contribution in [3.63, 3.8) is 0 Å². The van der Waals surface area contributed by atoms with Crippen LogP contribution >= 0.6 is 11.6 Å². The van der Waals surface area contributed by atoms with Crippen LogP contribution in [0.3, 0.4) is 0 Å². The van der Waals surface area contributed by atoms with Crippen molar-refractivity contribution in [1.29, 1.82) is 0 Å². The van der Waals surface area contributed by atoms with Crippen LogP contribution in [-0.4, -0.2) is 17.9 Å². The van der Waals surface area contributed by atoms with Gasteiger partial charge < -0.3 is 4.90 Å². The van der Waals surface area contributed by atoms with Crippen molar-refractivity contribution in [3.05, 3.63) is 76.8 Å². The first-order valence-corrected chi connectivity index (χ1v) is 6.75. The summed E-state index contributed by atoms with van der Waals surface area (Å²) in [5, 5.41) is 0.690. The van der Waals surface area contributed by atoms with Gasteiger partial charge in [0.2, 0.25) is 5.91 Å². The average molecular weight is 286 g/mol. The van der Waals surface area contributed by atoms with Gasteiger partial charge in [0.25, 0.3) is 0 Å². The fourth-order valence-electron chi connectivity index (χ4n) is 1.80. The highest BCUT2D eigenvalue weighted by atomic mass is 35.5. The van der Waals surface area contributed by atoms with Gasteiger partial charge in [-0.05, 0) is 29.3 Å². The Morgan fingerprint density at radius 1 is 1.10 bits per heavy atom. The summed E-state index contributed by atoms with van der Waals surface area (Å²) in [7, 11) is 1.79.